The van der Waals surface area contributed by atoms with Crippen LogP contribution in [0.5, 0.6) is 0 Å². The van der Waals surface area contributed by atoms with Gasteiger partial charge in [-0.05, 0) is 70.9 Å². The fraction of sp³-hybridized carbons (Fsp3) is 0.545. The highest BCUT2D eigenvalue weighted by atomic mass is 33.5. The molecule has 0 aromatic heterocycles. The third kappa shape index (κ3) is 1.87. The van der Waals surface area contributed by atoms with Gasteiger partial charge in [-0.25, -0.2) is 0 Å². The summed E-state index contributed by atoms with van der Waals surface area (Å²) in [5, 5.41) is 0. The van der Waals surface area contributed by atoms with E-state index in [1.807, 2.05) is 23.5 Å². The van der Waals surface area contributed by atoms with Gasteiger partial charge in [-0.2, -0.15) is 0 Å². The van der Waals surface area contributed by atoms with Gasteiger partial charge in [-0.1, -0.05) is 8.55 Å². The van der Waals surface area contributed by atoms with Crippen LogP contribution in [0.3, 0.4) is 0 Å². The first-order valence-electron chi connectivity index (χ1n) is 5.38. The summed E-state index contributed by atoms with van der Waals surface area (Å²) in [5.41, 5.74) is 3.43. The summed E-state index contributed by atoms with van der Waals surface area (Å²) >= 11 is 3.92. The molecular weight excluding hydrogens is 292 g/mol. The van der Waals surface area contributed by atoms with E-state index in [0.29, 0.717) is 8.55 Å². The minimum Gasteiger partial charge on any atom is -0.122 e. The van der Waals surface area contributed by atoms with Crippen LogP contribution in [0.4, 0.5) is 0 Å². The van der Waals surface area contributed by atoms with Crippen molar-refractivity contribution in [3.8, 4) is 0 Å². The summed E-state index contributed by atoms with van der Waals surface area (Å²) in [6, 6.07) is 0. The molecule has 2 heterocycles. The Morgan fingerprint density at radius 1 is 0.938 bits per heavy atom. The summed E-state index contributed by atoms with van der Waals surface area (Å²) in [6.07, 6.45) is 9.89. The zero-order valence-electron chi connectivity index (χ0n) is 9.37. The standard InChI is InChI=1S/C11H14S5/c1-12-10-7-5-3-4-6-8-9(7)16(14-10)15-11(8)13-2/h3-6H2,1-2H3. The molecule has 1 aliphatic carbocycles. The van der Waals surface area contributed by atoms with Gasteiger partial charge in [0.1, 0.15) is 0 Å². The molecule has 0 nitrogen and oxygen atoms in total. The summed E-state index contributed by atoms with van der Waals surface area (Å²) in [4.78, 5) is 1.75. The van der Waals surface area contributed by atoms with Crippen molar-refractivity contribution in [1.29, 1.82) is 0 Å². The van der Waals surface area contributed by atoms with Crippen LogP contribution >= 0.6 is 53.7 Å². The molecule has 0 atom stereocenters. The third-order valence-corrected chi connectivity index (χ3v) is 12.4. The van der Waals surface area contributed by atoms with Crippen molar-refractivity contribution >= 4 is 58.5 Å². The molecule has 3 aliphatic rings. The first-order valence-corrected chi connectivity index (χ1v) is 11.7. The second-order valence-corrected chi connectivity index (χ2v) is 11.7. The summed E-state index contributed by atoms with van der Waals surface area (Å²) in [7, 11) is 4.67. The Labute approximate surface area is 116 Å². The van der Waals surface area contributed by atoms with E-state index in [0.717, 1.165) is 0 Å². The van der Waals surface area contributed by atoms with E-state index in [1.54, 1.807) is 24.5 Å². The van der Waals surface area contributed by atoms with Crippen LogP contribution in [-0.2, 0) is 0 Å². The molecule has 88 valence electrons. The SMILES string of the molecule is CSC1=C2CCCCC3=C(SC)SS(=C23)S1. The van der Waals surface area contributed by atoms with E-state index in [1.165, 1.54) is 25.7 Å². The lowest BCUT2D eigenvalue weighted by Crippen LogP contribution is -2.00. The van der Waals surface area contributed by atoms with E-state index in [4.69, 9.17) is 0 Å². The Morgan fingerprint density at radius 3 is 1.88 bits per heavy atom. The lowest BCUT2D eigenvalue weighted by molar-refractivity contribution is 0.762. The van der Waals surface area contributed by atoms with Gasteiger partial charge in [-0.15, -0.1) is 23.5 Å². The van der Waals surface area contributed by atoms with Crippen LogP contribution in [0.2, 0.25) is 0 Å². The molecule has 0 radical (unpaired) electrons. The van der Waals surface area contributed by atoms with Crippen LogP contribution in [0.1, 0.15) is 25.7 Å². The number of rotatable bonds is 2. The first-order chi connectivity index (χ1) is 7.85. The molecule has 0 unspecified atom stereocenters. The maximum Gasteiger partial charge on any atom is 0.0555 e. The Morgan fingerprint density at radius 2 is 1.44 bits per heavy atom. The molecule has 1 saturated carbocycles. The molecule has 1 fully saturated rings. The number of thioether (sulfide) groups is 2. The van der Waals surface area contributed by atoms with E-state index in [2.05, 4.69) is 34.1 Å². The molecule has 0 bridgehead atoms. The van der Waals surface area contributed by atoms with E-state index in [-0.39, 0.29) is 0 Å². The Kier molecular flexibility index (Phi) is 3.80. The second kappa shape index (κ2) is 5.00. The Balaban J connectivity index is 2.08. The predicted molar refractivity (Wildman–Crippen MR) is 87.3 cm³/mol. The lowest BCUT2D eigenvalue weighted by atomic mass is 10.1. The quantitative estimate of drug-likeness (QED) is 0.489. The average molecular weight is 307 g/mol. The largest absolute Gasteiger partial charge is 0.122 e. The fourth-order valence-corrected chi connectivity index (χ4v) is 13.8. The fourth-order valence-electron chi connectivity index (χ4n) is 2.26. The van der Waals surface area contributed by atoms with Gasteiger partial charge in [0.25, 0.3) is 0 Å². The predicted octanol–water partition coefficient (Wildman–Crippen LogP) is 5.47. The minimum absolute atomic E-state index is 0.412. The molecular formula is C11H14S5. The van der Waals surface area contributed by atoms with E-state index < -0.39 is 0 Å². The van der Waals surface area contributed by atoms with Gasteiger partial charge < -0.3 is 0 Å². The van der Waals surface area contributed by atoms with Crippen LogP contribution in [0, 0.1) is 0 Å². The molecule has 0 saturated heterocycles. The van der Waals surface area contributed by atoms with Crippen LogP contribution in [0.15, 0.2) is 19.6 Å². The third-order valence-electron chi connectivity index (χ3n) is 2.98. The molecule has 16 heavy (non-hydrogen) atoms. The van der Waals surface area contributed by atoms with Gasteiger partial charge in [0.15, 0.2) is 0 Å². The van der Waals surface area contributed by atoms with Crippen LogP contribution < -0.4 is 0 Å². The molecule has 3 rings (SSSR count). The van der Waals surface area contributed by atoms with Crippen molar-refractivity contribution in [3.63, 3.8) is 0 Å². The zero-order chi connectivity index (χ0) is 11.1. The minimum atomic E-state index is 0.412. The molecule has 0 aromatic carbocycles. The molecule has 5 heteroatoms. The number of hydrogen-bond donors (Lipinski definition) is 0. The highest BCUT2D eigenvalue weighted by molar-refractivity contribution is 9.18. The van der Waals surface area contributed by atoms with Crippen molar-refractivity contribution in [2.75, 3.05) is 12.5 Å². The van der Waals surface area contributed by atoms with Crippen LogP contribution in [-0.4, -0.2) is 17.4 Å². The first kappa shape index (κ1) is 12.2. The van der Waals surface area contributed by atoms with Gasteiger partial charge >= 0.3 is 0 Å². The molecule has 0 spiro atoms. The molecule has 2 aliphatic heterocycles. The number of allylic oxidation sites excluding steroid dienone is 2. The maximum absolute atomic E-state index is 2.23. The average Bonchev–Trinajstić information content (AvgIpc) is 2.71. The Hall–Kier alpha value is 1.10. The summed E-state index contributed by atoms with van der Waals surface area (Å²) < 4.78 is 3.23. The molecule has 0 amide bonds. The topological polar surface area (TPSA) is 0 Å². The van der Waals surface area contributed by atoms with Gasteiger partial charge in [0.2, 0.25) is 0 Å². The number of hydrogen-bond acceptors (Lipinski definition) is 4. The van der Waals surface area contributed by atoms with Gasteiger partial charge in [-0.3, -0.25) is 0 Å². The van der Waals surface area contributed by atoms with Crippen molar-refractivity contribution in [2.24, 2.45) is 0 Å². The van der Waals surface area contributed by atoms with E-state index in [9.17, 15) is 0 Å². The molecule has 0 N–H and O–H groups in total. The Bertz CT molecular complexity index is 392. The van der Waals surface area contributed by atoms with Crippen molar-refractivity contribution < 1.29 is 0 Å². The second-order valence-electron chi connectivity index (χ2n) is 3.88. The lowest BCUT2D eigenvalue weighted by Gasteiger charge is -2.07. The van der Waals surface area contributed by atoms with Crippen molar-refractivity contribution in [3.05, 3.63) is 19.6 Å². The zero-order valence-corrected chi connectivity index (χ0v) is 13.5. The maximum atomic E-state index is 2.23. The highest BCUT2D eigenvalue weighted by Crippen LogP contribution is 2.67. The van der Waals surface area contributed by atoms with Crippen molar-refractivity contribution in [2.45, 2.75) is 25.7 Å². The highest BCUT2D eigenvalue weighted by Gasteiger charge is 2.35. The summed E-state index contributed by atoms with van der Waals surface area (Å²) in [6.45, 7) is 0. The van der Waals surface area contributed by atoms with E-state index >= 15 is 0 Å². The smallest absolute Gasteiger partial charge is 0.0555 e. The summed E-state index contributed by atoms with van der Waals surface area (Å²) in [5.74, 6) is 0. The molecule has 0 aromatic rings. The van der Waals surface area contributed by atoms with Crippen molar-refractivity contribution in [1.82, 2.24) is 0 Å². The normalized spacial score (nSPS) is 25.5. The van der Waals surface area contributed by atoms with Gasteiger partial charge in [0.05, 0.1) is 8.47 Å². The monoisotopic (exact) mass is 306 g/mol. The van der Waals surface area contributed by atoms with Crippen LogP contribution in [0.25, 0.3) is 0 Å². The van der Waals surface area contributed by atoms with Gasteiger partial charge in [0, 0.05) is 4.86 Å².